The summed E-state index contributed by atoms with van der Waals surface area (Å²) in [5.74, 6) is 1.44. The van der Waals surface area contributed by atoms with Gasteiger partial charge >= 0.3 is 0 Å². The van der Waals surface area contributed by atoms with Crippen LogP contribution in [0.1, 0.15) is 48.0 Å². The van der Waals surface area contributed by atoms with Gasteiger partial charge in [0, 0.05) is 24.0 Å². The number of piperidine rings is 1. The number of hydrogen-bond donors (Lipinski definition) is 1. The summed E-state index contributed by atoms with van der Waals surface area (Å²) >= 11 is 0. The molecule has 0 amide bonds. The second-order valence-corrected chi connectivity index (χ2v) is 6.60. The van der Waals surface area contributed by atoms with Crippen molar-refractivity contribution in [3.05, 3.63) is 28.9 Å². The highest BCUT2D eigenvalue weighted by atomic mass is 16.5. The lowest BCUT2D eigenvalue weighted by Gasteiger charge is -2.29. The molecule has 0 saturated carbocycles. The number of rotatable bonds is 2. The van der Waals surface area contributed by atoms with E-state index in [0.29, 0.717) is 5.82 Å². The van der Waals surface area contributed by atoms with E-state index in [-0.39, 0.29) is 6.04 Å². The second-order valence-electron chi connectivity index (χ2n) is 6.60. The standard InChI is InChI=1S/C17H23N5O/c1-11-15(13-6-7-18-9-12(13)10-19-11)16-20-17(23-21-16)14-5-3-4-8-22(14)2/h10,14,18H,3-9H2,1-2H3. The lowest BCUT2D eigenvalue weighted by molar-refractivity contribution is 0.150. The summed E-state index contributed by atoms with van der Waals surface area (Å²) in [6, 6.07) is 0.250. The highest BCUT2D eigenvalue weighted by Crippen LogP contribution is 2.32. The highest BCUT2D eigenvalue weighted by molar-refractivity contribution is 5.64. The Kier molecular flexibility index (Phi) is 3.87. The van der Waals surface area contributed by atoms with Crippen LogP contribution in [0.2, 0.25) is 0 Å². The van der Waals surface area contributed by atoms with Crippen LogP contribution in [0.25, 0.3) is 11.4 Å². The smallest absolute Gasteiger partial charge is 0.244 e. The van der Waals surface area contributed by atoms with Crippen molar-refractivity contribution in [2.45, 2.75) is 45.2 Å². The third-order valence-electron chi connectivity index (χ3n) is 5.05. The van der Waals surface area contributed by atoms with Crippen LogP contribution in [0.15, 0.2) is 10.7 Å². The highest BCUT2D eigenvalue weighted by Gasteiger charge is 2.27. The Bertz CT molecular complexity index is 711. The van der Waals surface area contributed by atoms with Crippen molar-refractivity contribution in [1.29, 1.82) is 0 Å². The molecule has 23 heavy (non-hydrogen) atoms. The van der Waals surface area contributed by atoms with Gasteiger partial charge in [-0.2, -0.15) is 4.98 Å². The molecule has 2 aliphatic heterocycles. The first-order valence-corrected chi connectivity index (χ1v) is 8.46. The molecule has 1 N–H and O–H groups in total. The molecule has 4 heterocycles. The number of likely N-dealkylation sites (tertiary alicyclic amines) is 1. The van der Waals surface area contributed by atoms with Crippen molar-refractivity contribution in [2.75, 3.05) is 20.1 Å². The summed E-state index contributed by atoms with van der Waals surface area (Å²) in [7, 11) is 2.14. The molecule has 6 nitrogen and oxygen atoms in total. The van der Waals surface area contributed by atoms with Gasteiger partial charge in [0.2, 0.25) is 11.7 Å². The Balaban J connectivity index is 1.72. The summed E-state index contributed by atoms with van der Waals surface area (Å²) < 4.78 is 5.63. The average Bonchev–Trinajstić information content (AvgIpc) is 3.04. The van der Waals surface area contributed by atoms with Gasteiger partial charge in [-0.3, -0.25) is 9.88 Å². The lowest BCUT2D eigenvalue weighted by Crippen LogP contribution is -2.29. The summed E-state index contributed by atoms with van der Waals surface area (Å²) in [4.78, 5) is 11.6. The molecule has 0 radical (unpaired) electrons. The molecule has 0 bridgehead atoms. The van der Waals surface area contributed by atoms with Crippen LogP contribution < -0.4 is 5.32 Å². The zero-order valence-corrected chi connectivity index (χ0v) is 13.8. The second kappa shape index (κ2) is 6.02. The lowest BCUT2D eigenvalue weighted by atomic mass is 9.95. The SMILES string of the molecule is Cc1ncc2c(c1-c1noc(C3CCCCN3C)n1)CCNC2. The number of nitrogens with one attached hydrogen (secondary N) is 1. The maximum Gasteiger partial charge on any atom is 0.244 e. The summed E-state index contributed by atoms with van der Waals surface area (Å²) in [5.41, 5.74) is 4.62. The Morgan fingerprint density at radius 2 is 2.26 bits per heavy atom. The third kappa shape index (κ3) is 2.66. The van der Waals surface area contributed by atoms with Gasteiger partial charge in [-0.1, -0.05) is 11.6 Å². The van der Waals surface area contributed by atoms with Gasteiger partial charge in [0.05, 0.1) is 6.04 Å². The van der Waals surface area contributed by atoms with Crippen molar-refractivity contribution in [1.82, 2.24) is 25.3 Å². The maximum absolute atomic E-state index is 5.63. The summed E-state index contributed by atoms with van der Waals surface area (Å²) in [5, 5.41) is 7.68. The van der Waals surface area contributed by atoms with Gasteiger partial charge in [0.1, 0.15) is 0 Å². The fourth-order valence-corrected chi connectivity index (χ4v) is 3.73. The Morgan fingerprint density at radius 3 is 3.13 bits per heavy atom. The largest absolute Gasteiger partial charge is 0.337 e. The van der Waals surface area contributed by atoms with Crippen LogP contribution in [-0.2, 0) is 13.0 Å². The monoisotopic (exact) mass is 313 g/mol. The van der Waals surface area contributed by atoms with Gasteiger partial charge in [-0.25, -0.2) is 0 Å². The minimum atomic E-state index is 0.250. The van der Waals surface area contributed by atoms with E-state index in [0.717, 1.165) is 49.6 Å². The maximum atomic E-state index is 5.63. The molecule has 122 valence electrons. The first-order valence-electron chi connectivity index (χ1n) is 8.46. The third-order valence-corrected chi connectivity index (χ3v) is 5.05. The molecule has 1 unspecified atom stereocenters. The fourth-order valence-electron chi connectivity index (χ4n) is 3.73. The molecule has 2 aromatic rings. The van der Waals surface area contributed by atoms with Crippen molar-refractivity contribution in [3.63, 3.8) is 0 Å². The summed E-state index contributed by atoms with van der Waals surface area (Å²) in [6.07, 6.45) is 6.51. The van der Waals surface area contributed by atoms with Crippen LogP contribution in [0, 0.1) is 6.92 Å². The number of hydrogen-bond acceptors (Lipinski definition) is 6. The van der Waals surface area contributed by atoms with Gasteiger partial charge < -0.3 is 9.84 Å². The van der Waals surface area contributed by atoms with Crippen LogP contribution in [0.3, 0.4) is 0 Å². The van der Waals surface area contributed by atoms with E-state index >= 15 is 0 Å². The van der Waals surface area contributed by atoms with E-state index in [4.69, 9.17) is 9.51 Å². The molecular formula is C17H23N5O. The molecule has 0 spiro atoms. The molecule has 2 aromatic heterocycles. The van der Waals surface area contributed by atoms with Gasteiger partial charge in [0.15, 0.2) is 0 Å². The summed E-state index contributed by atoms with van der Waals surface area (Å²) in [6.45, 7) is 4.97. The average molecular weight is 313 g/mol. The van der Waals surface area contributed by atoms with Crippen LogP contribution in [-0.4, -0.2) is 40.2 Å². The number of aryl methyl sites for hydroxylation is 1. The normalized spacial score (nSPS) is 22.1. The first-order chi connectivity index (χ1) is 11.2. The topological polar surface area (TPSA) is 67.1 Å². The Labute approximate surface area is 136 Å². The van der Waals surface area contributed by atoms with E-state index < -0.39 is 0 Å². The Morgan fingerprint density at radius 1 is 1.35 bits per heavy atom. The predicted molar refractivity (Wildman–Crippen MR) is 86.9 cm³/mol. The quantitative estimate of drug-likeness (QED) is 0.917. The van der Waals surface area contributed by atoms with E-state index in [2.05, 4.69) is 27.4 Å². The van der Waals surface area contributed by atoms with Gasteiger partial charge in [0.25, 0.3) is 0 Å². The molecule has 1 atom stereocenters. The molecule has 2 aliphatic rings. The van der Waals surface area contributed by atoms with E-state index in [9.17, 15) is 0 Å². The minimum absolute atomic E-state index is 0.250. The molecular weight excluding hydrogens is 290 g/mol. The van der Waals surface area contributed by atoms with Crippen LogP contribution >= 0.6 is 0 Å². The van der Waals surface area contributed by atoms with Gasteiger partial charge in [-0.15, -0.1) is 0 Å². The molecule has 0 aromatic carbocycles. The molecule has 1 saturated heterocycles. The first kappa shape index (κ1) is 14.8. The molecule has 1 fully saturated rings. The van der Waals surface area contributed by atoms with Crippen LogP contribution in [0.5, 0.6) is 0 Å². The number of pyridine rings is 1. The molecule has 4 rings (SSSR count). The predicted octanol–water partition coefficient (Wildman–Crippen LogP) is 2.24. The zero-order valence-electron chi connectivity index (χ0n) is 13.8. The van der Waals surface area contributed by atoms with E-state index in [1.54, 1.807) is 0 Å². The zero-order chi connectivity index (χ0) is 15.8. The number of aromatic nitrogens is 3. The van der Waals surface area contributed by atoms with Crippen molar-refractivity contribution in [3.8, 4) is 11.4 Å². The molecule has 0 aliphatic carbocycles. The fraction of sp³-hybridized carbons (Fsp3) is 0.588. The van der Waals surface area contributed by atoms with Gasteiger partial charge in [-0.05, 0) is 57.5 Å². The van der Waals surface area contributed by atoms with Crippen molar-refractivity contribution >= 4 is 0 Å². The number of fused-ring (bicyclic) bond motifs is 1. The number of nitrogens with zero attached hydrogens (tertiary/aromatic N) is 4. The Hall–Kier alpha value is -1.79. The van der Waals surface area contributed by atoms with Crippen molar-refractivity contribution < 1.29 is 4.52 Å². The van der Waals surface area contributed by atoms with E-state index in [1.807, 2.05) is 13.1 Å². The molecule has 6 heteroatoms. The van der Waals surface area contributed by atoms with Crippen LogP contribution in [0.4, 0.5) is 0 Å². The minimum Gasteiger partial charge on any atom is -0.337 e. The van der Waals surface area contributed by atoms with Crippen molar-refractivity contribution in [2.24, 2.45) is 0 Å². The van der Waals surface area contributed by atoms with E-state index in [1.165, 1.54) is 24.0 Å².